The summed E-state index contributed by atoms with van der Waals surface area (Å²) in [5.41, 5.74) is 1.11. The van der Waals surface area contributed by atoms with Crippen LogP contribution in [-0.4, -0.2) is 27.3 Å². The second-order valence-electron chi connectivity index (χ2n) is 3.74. The highest BCUT2D eigenvalue weighted by molar-refractivity contribution is 7.99. The summed E-state index contributed by atoms with van der Waals surface area (Å²) in [4.78, 5) is 0. The van der Waals surface area contributed by atoms with E-state index in [1.807, 2.05) is 25.2 Å². The van der Waals surface area contributed by atoms with Crippen molar-refractivity contribution in [2.45, 2.75) is 17.3 Å². The maximum absolute atomic E-state index is 6.11. The fraction of sp³-hybridized carbons (Fsp3) is 0.364. The Morgan fingerprint density at radius 2 is 2.22 bits per heavy atom. The zero-order chi connectivity index (χ0) is 13.1. The van der Waals surface area contributed by atoms with Gasteiger partial charge < -0.3 is 4.74 Å². The summed E-state index contributed by atoms with van der Waals surface area (Å²) < 4.78 is 6.77. The van der Waals surface area contributed by atoms with E-state index in [0.717, 1.165) is 10.7 Å². The van der Waals surface area contributed by atoms with E-state index in [-0.39, 0.29) is 5.25 Å². The number of thioether (sulfide) groups is 1. The molecule has 0 bridgehead atoms. The van der Waals surface area contributed by atoms with E-state index >= 15 is 0 Å². The molecule has 0 aliphatic heterocycles. The van der Waals surface area contributed by atoms with Crippen molar-refractivity contribution in [2.75, 3.05) is 7.11 Å². The lowest BCUT2D eigenvalue weighted by Gasteiger charge is -2.12. The molecule has 0 aliphatic carbocycles. The first-order valence-electron chi connectivity index (χ1n) is 5.34. The van der Waals surface area contributed by atoms with Crippen LogP contribution >= 0.6 is 23.4 Å². The fourth-order valence-corrected chi connectivity index (χ4v) is 2.62. The fourth-order valence-electron chi connectivity index (χ4n) is 1.48. The molecule has 2 aromatic rings. The van der Waals surface area contributed by atoms with Gasteiger partial charge in [0.25, 0.3) is 0 Å². The number of rotatable bonds is 4. The van der Waals surface area contributed by atoms with Gasteiger partial charge in [-0.3, -0.25) is 0 Å². The molecule has 1 atom stereocenters. The first-order valence-corrected chi connectivity index (χ1v) is 6.60. The third-order valence-corrected chi connectivity index (χ3v) is 3.99. The van der Waals surface area contributed by atoms with Crippen LogP contribution in [-0.2, 0) is 7.05 Å². The molecule has 0 spiro atoms. The second-order valence-corrected chi connectivity index (χ2v) is 5.45. The van der Waals surface area contributed by atoms with E-state index in [9.17, 15) is 0 Å². The van der Waals surface area contributed by atoms with E-state index in [4.69, 9.17) is 16.3 Å². The van der Waals surface area contributed by atoms with Crippen molar-refractivity contribution in [1.82, 2.24) is 20.2 Å². The van der Waals surface area contributed by atoms with Crippen molar-refractivity contribution in [1.29, 1.82) is 0 Å². The maximum atomic E-state index is 6.11. The van der Waals surface area contributed by atoms with E-state index in [1.54, 1.807) is 23.6 Å². The van der Waals surface area contributed by atoms with Gasteiger partial charge in [-0.2, -0.15) is 0 Å². The number of aromatic nitrogens is 4. The quantitative estimate of drug-likeness (QED) is 0.808. The van der Waals surface area contributed by atoms with Crippen LogP contribution in [0.2, 0.25) is 5.02 Å². The van der Waals surface area contributed by atoms with Crippen molar-refractivity contribution in [3.63, 3.8) is 0 Å². The van der Waals surface area contributed by atoms with Crippen LogP contribution in [0.3, 0.4) is 0 Å². The summed E-state index contributed by atoms with van der Waals surface area (Å²) in [7, 11) is 3.42. The number of ether oxygens (including phenoxy) is 1. The lowest BCUT2D eigenvalue weighted by molar-refractivity contribution is 0.415. The molecule has 7 heteroatoms. The molecule has 0 saturated heterocycles. The Bertz CT molecular complexity index is 546. The first-order chi connectivity index (χ1) is 8.61. The largest absolute Gasteiger partial charge is 0.495 e. The van der Waals surface area contributed by atoms with Gasteiger partial charge >= 0.3 is 0 Å². The molecule has 0 saturated carbocycles. The van der Waals surface area contributed by atoms with Gasteiger partial charge in [-0.05, 0) is 35.0 Å². The normalized spacial score (nSPS) is 12.4. The van der Waals surface area contributed by atoms with Crippen LogP contribution < -0.4 is 4.74 Å². The number of halogens is 1. The lowest BCUT2D eigenvalue weighted by atomic mass is 10.1. The van der Waals surface area contributed by atoms with Crippen LogP contribution in [0.4, 0.5) is 0 Å². The molecule has 2 rings (SSSR count). The van der Waals surface area contributed by atoms with Crippen LogP contribution in [0, 0.1) is 0 Å². The van der Waals surface area contributed by atoms with Gasteiger partial charge in [-0.25, -0.2) is 4.68 Å². The molecule has 5 nitrogen and oxygen atoms in total. The summed E-state index contributed by atoms with van der Waals surface area (Å²) in [6.07, 6.45) is 0. The summed E-state index contributed by atoms with van der Waals surface area (Å²) in [5.74, 6) is 0.679. The average molecular weight is 285 g/mol. The predicted octanol–water partition coefficient (Wildman–Crippen LogP) is 2.73. The zero-order valence-electron chi connectivity index (χ0n) is 10.3. The molecule has 0 amide bonds. The molecule has 0 aliphatic rings. The predicted molar refractivity (Wildman–Crippen MR) is 71.1 cm³/mol. The number of methoxy groups -OCH3 is 1. The Morgan fingerprint density at radius 1 is 1.44 bits per heavy atom. The minimum atomic E-state index is 0.207. The third-order valence-electron chi connectivity index (χ3n) is 2.51. The van der Waals surface area contributed by atoms with Gasteiger partial charge in [-0.1, -0.05) is 29.4 Å². The topological polar surface area (TPSA) is 52.8 Å². The molecule has 0 fully saturated rings. The second kappa shape index (κ2) is 5.58. The number of benzene rings is 1. The van der Waals surface area contributed by atoms with E-state index < -0.39 is 0 Å². The van der Waals surface area contributed by atoms with Gasteiger partial charge in [0.05, 0.1) is 12.1 Å². The summed E-state index contributed by atoms with van der Waals surface area (Å²) in [6, 6.07) is 5.76. The Kier molecular flexibility index (Phi) is 4.08. The van der Waals surface area contributed by atoms with Gasteiger partial charge in [-0.15, -0.1) is 5.10 Å². The van der Waals surface area contributed by atoms with Crippen molar-refractivity contribution < 1.29 is 4.74 Å². The average Bonchev–Trinajstić information content (AvgIpc) is 2.75. The molecule has 1 heterocycles. The Labute approximate surface area is 114 Å². The molecule has 0 N–H and O–H groups in total. The van der Waals surface area contributed by atoms with Gasteiger partial charge in [0.15, 0.2) is 0 Å². The highest BCUT2D eigenvalue weighted by Gasteiger charge is 2.13. The van der Waals surface area contributed by atoms with Gasteiger partial charge in [0.2, 0.25) is 5.16 Å². The van der Waals surface area contributed by atoms with Crippen molar-refractivity contribution in [3.8, 4) is 5.75 Å². The Balaban J connectivity index is 2.16. The molecule has 0 unspecified atom stereocenters. The Hall–Kier alpha value is -1.27. The van der Waals surface area contributed by atoms with Crippen LogP contribution in [0.25, 0.3) is 0 Å². The highest BCUT2D eigenvalue weighted by Crippen LogP contribution is 2.36. The minimum absolute atomic E-state index is 0.207. The van der Waals surface area contributed by atoms with Crippen molar-refractivity contribution >= 4 is 23.4 Å². The zero-order valence-corrected chi connectivity index (χ0v) is 11.9. The molecule has 0 radical (unpaired) electrons. The SMILES string of the molecule is COc1ccc([C@H](C)Sc2nnnn2C)cc1Cl. The summed E-state index contributed by atoms with van der Waals surface area (Å²) in [6.45, 7) is 2.08. The molecule has 96 valence electrons. The number of hydrogen-bond donors (Lipinski definition) is 0. The van der Waals surface area contributed by atoms with E-state index in [1.165, 1.54) is 0 Å². The van der Waals surface area contributed by atoms with E-state index in [0.29, 0.717) is 10.8 Å². The number of tetrazole rings is 1. The summed E-state index contributed by atoms with van der Waals surface area (Å²) >= 11 is 7.69. The number of aryl methyl sites for hydroxylation is 1. The molecule has 18 heavy (non-hydrogen) atoms. The smallest absolute Gasteiger partial charge is 0.209 e. The molecule has 1 aromatic heterocycles. The third kappa shape index (κ3) is 2.76. The minimum Gasteiger partial charge on any atom is -0.495 e. The van der Waals surface area contributed by atoms with Crippen LogP contribution in [0.5, 0.6) is 5.75 Å². The van der Waals surface area contributed by atoms with Crippen molar-refractivity contribution in [3.05, 3.63) is 28.8 Å². The van der Waals surface area contributed by atoms with E-state index in [2.05, 4.69) is 22.4 Å². The van der Waals surface area contributed by atoms with Crippen molar-refractivity contribution in [2.24, 2.45) is 7.05 Å². The highest BCUT2D eigenvalue weighted by atomic mass is 35.5. The maximum Gasteiger partial charge on any atom is 0.209 e. The lowest BCUT2D eigenvalue weighted by Crippen LogP contribution is -1.96. The first kappa shape index (κ1) is 13.2. The molecular weight excluding hydrogens is 272 g/mol. The number of nitrogens with zero attached hydrogens (tertiary/aromatic N) is 4. The van der Waals surface area contributed by atoms with Crippen LogP contribution in [0.15, 0.2) is 23.4 Å². The Morgan fingerprint density at radius 3 is 2.78 bits per heavy atom. The molecule has 1 aromatic carbocycles. The standard InChI is InChI=1S/C11H13ClN4OS/c1-7(18-11-13-14-15-16(11)2)8-4-5-10(17-3)9(12)6-8/h4-7H,1-3H3/t7-/m0/s1. The number of hydrogen-bond acceptors (Lipinski definition) is 5. The molecular formula is C11H13ClN4OS. The van der Waals surface area contributed by atoms with Gasteiger partial charge in [0, 0.05) is 12.3 Å². The van der Waals surface area contributed by atoms with Crippen LogP contribution in [0.1, 0.15) is 17.7 Å². The monoisotopic (exact) mass is 284 g/mol. The summed E-state index contributed by atoms with van der Waals surface area (Å²) in [5, 5.41) is 12.9. The van der Waals surface area contributed by atoms with Gasteiger partial charge in [0.1, 0.15) is 5.75 Å².